The van der Waals surface area contributed by atoms with Gasteiger partial charge in [0.15, 0.2) is 11.4 Å². The molecule has 158 valence electrons. The number of nitrogens with two attached hydrogens (primary N) is 1. The number of halogens is 3. The second-order valence-electron chi connectivity index (χ2n) is 7.35. The SMILES string of the molecule is Cc1ccc(-c2cc(C(F)(F)F)nn2-c2ccc(OOSN)cc2)cc1CC1CC1. The molecule has 1 saturated carbocycles. The number of hydrogen-bond donors (Lipinski definition) is 1. The van der Waals surface area contributed by atoms with Gasteiger partial charge in [0.2, 0.25) is 0 Å². The fraction of sp³-hybridized carbons (Fsp3) is 0.286. The average Bonchev–Trinajstić information content (AvgIpc) is 3.41. The van der Waals surface area contributed by atoms with E-state index in [0.29, 0.717) is 40.8 Å². The van der Waals surface area contributed by atoms with Crippen LogP contribution in [-0.2, 0) is 16.9 Å². The molecule has 0 unspecified atom stereocenters. The molecule has 1 aliphatic carbocycles. The average molecular weight is 435 g/mol. The summed E-state index contributed by atoms with van der Waals surface area (Å²) >= 11 is 0.549. The van der Waals surface area contributed by atoms with Crippen molar-refractivity contribution < 1.29 is 22.4 Å². The van der Waals surface area contributed by atoms with E-state index in [1.807, 2.05) is 25.1 Å². The van der Waals surface area contributed by atoms with E-state index in [9.17, 15) is 13.2 Å². The Labute approximate surface area is 176 Å². The van der Waals surface area contributed by atoms with E-state index >= 15 is 0 Å². The third kappa shape index (κ3) is 4.63. The third-order valence-corrected chi connectivity index (χ3v) is 5.25. The molecule has 9 heteroatoms. The van der Waals surface area contributed by atoms with Crippen LogP contribution in [0.15, 0.2) is 48.5 Å². The van der Waals surface area contributed by atoms with Crippen LogP contribution in [-0.4, -0.2) is 9.78 Å². The first-order valence-electron chi connectivity index (χ1n) is 9.43. The highest BCUT2D eigenvalue weighted by molar-refractivity contribution is 7.92. The Kier molecular flexibility index (Phi) is 5.77. The Hall–Kier alpha value is -2.49. The van der Waals surface area contributed by atoms with Crippen LogP contribution < -0.4 is 10.0 Å². The van der Waals surface area contributed by atoms with E-state index in [2.05, 4.69) is 9.43 Å². The van der Waals surface area contributed by atoms with Gasteiger partial charge in [-0.25, -0.2) is 4.68 Å². The minimum atomic E-state index is -4.54. The van der Waals surface area contributed by atoms with Gasteiger partial charge < -0.3 is 4.89 Å². The fourth-order valence-electron chi connectivity index (χ4n) is 3.31. The van der Waals surface area contributed by atoms with Crippen molar-refractivity contribution in [2.45, 2.75) is 32.4 Å². The highest BCUT2D eigenvalue weighted by Gasteiger charge is 2.35. The number of aromatic nitrogens is 2. The summed E-state index contributed by atoms with van der Waals surface area (Å²) < 4.78 is 46.1. The van der Waals surface area contributed by atoms with Crippen LogP contribution in [0.1, 0.15) is 29.7 Å². The molecule has 0 amide bonds. The zero-order valence-electron chi connectivity index (χ0n) is 16.1. The first kappa shape index (κ1) is 20.8. The summed E-state index contributed by atoms with van der Waals surface area (Å²) in [7, 11) is 0. The van der Waals surface area contributed by atoms with Crippen molar-refractivity contribution in [2.75, 3.05) is 0 Å². The number of alkyl halides is 3. The lowest BCUT2D eigenvalue weighted by Crippen LogP contribution is -2.07. The molecule has 5 nitrogen and oxygen atoms in total. The number of benzene rings is 2. The molecule has 0 saturated heterocycles. The van der Waals surface area contributed by atoms with Crippen molar-refractivity contribution in [3.63, 3.8) is 0 Å². The molecule has 0 spiro atoms. The van der Waals surface area contributed by atoms with E-state index in [1.165, 1.54) is 17.5 Å². The van der Waals surface area contributed by atoms with Gasteiger partial charge in [-0.05, 0) is 79.6 Å². The molecule has 1 aliphatic rings. The molecule has 0 atom stereocenters. The summed E-state index contributed by atoms with van der Waals surface area (Å²) in [5, 5.41) is 8.97. The van der Waals surface area contributed by atoms with Gasteiger partial charge in [0.25, 0.3) is 0 Å². The number of hydrogen-bond acceptors (Lipinski definition) is 5. The van der Waals surface area contributed by atoms with E-state index in [-0.39, 0.29) is 0 Å². The van der Waals surface area contributed by atoms with Crippen LogP contribution in [0, 0.1) is 12.8 Å². The van der Waals surface area contributed by atoms with Crippen molar-refractivity contribution in [1.82, 2.24) is 9.78 Å². The second-order valence-corrected chi connectivity index (χ2v) is 7.68. The third-order valence-electron chi connectivity index (χ3n) is 5.10. The topological polar surface area (TPSA) is 62.3 Å². The molecular weight excluding hydrogens is 415 g/mol. The quantitative estimate of drug-likeness (QED) is 0.225. The molecule has 0 bridgehead atoms. The van der Waals surface area contributed by atoms with Gasteiger partial charge in [-0.3, -0.25) is 5.14 Å². The molecule has 0 aliphatic heterocycles. The van der Waals surface area contributed by atoms with Gasteiger partial charge in [0.1, 0.15) is 12.2 Å². The van der Waals surface area contributed by atoms with Crippen molar-refractivity contribution in [1.29, 1.82) is 0 Å². The Morgan fingerprint density at radius 1 is 1.13 bits per heavy atom. The zero-order valence-corrected chi connectivity index (χ0v) is 17.0. The van der Waals surface area contributed by atoms with E-state index in [0.717, 1.165) is 23.6 Å². The Bertz CT molecular complexity index is 1030. The monoisotopic (exact) mass is 435 g/mol. The Balaban J connectivity index is 1.75. The number of nitrogens with zero attached hydrogens (tertiary/aromatic N) is 2. The molecule has 30 heavy (non-hydrogen) atoms. The molecule has 1 heterocycles. The van der Waals surface area contributed by atoms with E-state index in [1.54, 1.807) is 24.3 Å². The molecule has 3 aromatic rings. The minimum absolute atomic E-state index is 0.364. The Morgan fingerprint density at radius 3 is 2.50 bits per heavy atom. The van der Waals surface area contributed by atoms with E-state index in [4.69, 9.17) is 10.0 Å². The zero-order chi connectivity index (χ0) is 21.3. The van der Waals surface area contributed by atoms with Crippen LogP contribution in [0.2, 0.25) is 0 Å². The number of rotatable bonds is 7. The summed E-state index contributed by atoms with van der Waals surface area (Å²) in [5.41, 5.74) is 2.91. The summed E-state index contributed by atoms with van der Waals surface area (Å²) in [6.45, 7) is 2.03. The lowest BCUT2D eigenvalue weighted by atomic mass is 9.98. The van der Waals surface area contributed by atoms with Gasteiger partial charge >= 0.3 is 6.18 Å². The summed E-state index contributed by atoms with van der Waals surface area (Å²) in [5.74, 6) is 1.04. The molecule has 1 fully saturated rings. The summed E-state index contributed by atoms with van der Waals surface area (Å²) in [6, 6.07) is 13.2. The van der Waals surface area contributed by atoms with Gasteiger partial charge in [-0.2, -0.15) is 18.3 Å². The largest absolute Gasteiger partial charge is 0.435 e. The maximum Gasteiger partial charge on any atom is 0.435 e. The highest BCUT2D eigenvalue weighted by atomic mass is 32.2. The maximum absolute atomic E-state index is 13.4. The second kappa shape index (κ2) is 8.33. The molecular formula is C21H20F3N3O2S. The standard InChI is InChI=1S/C21H20F3N3O2S/c1-13-2-5-15(11-16(13)10-14-3-4-14)19-12-20(21(22,23)24)26-27(19)17-6-8-18(9-7-17)28-29-30-25/h2,5-9,11-12,14H,3-4,10,25H2,1H3. The van der Waals surface area contributed by atoms with Gasteiger partial charge in [-0.15, -0.1) is 0 Å². The smallest absolute Gasteiger partial charge is 0.324 e. The highest BCUT2D eigenvalue weighted by Crippen LogP contribution is 2.37. The number of aryl methyl sites for hydroxylation is 1. The van der Waals surface area contributed by atoms with Gasteiger partial charge in [0, 0.05) is 5.56 Å². The van der Waals surface area contributed by atoms with E-state index < -0.39 is 11.9 Å². The molecule has 2 aromatic carbocycles. The molecule has 1 aromatic heterocycles. The first-order valence-corrected chi connectivity index (χ1v) is 10.2. The van der Waals surface area contributed by atoms with Crippen LogP contribution in [0.5, 0.6) is 5.75 Å². The van der Waals surface area contributed by atoms with Gasteiger partial charge in [0.05, 0.1) is 11.4 Å². The van der Waals surface area contributed by atoms with Crippen LogP contribution in [0.4, 0.5) is 13.2 Å². The van der Waals surface area contributed by atoms with Crippen LogP contribution >= 0.6 is 12.2 Å². The first-order chi connectivity index (χ1) is 14.3. The normalized spacial score (nSPS) is 14.2. The summed E-state index contributed by atoms with van der Waals surface area (Å²) in [4.78, 5) is 4.92. The predicted molar refractivity (Wildman–Crippen MR) is 109 cm³/mol. The lowest BCUT2D eigenvalue weighted by molar-refractivity contribution is -0.141. The Morgan fingerprint density at radius 2 is 1.87 bits per heavy atom. The van der Waals surface area contributed by atoms with Crippen molar-refractivity contribution in [2.24, 2.45) is 11.1 Å². The molecule has 2 N–H and O–H groups in total. The maximum atomic E-state index is 13.4. The molecule has 0 radical (unpaired) electrons. The lowest BCUT2D eigenvalue weighted by Gasteiger charge is -2.11. The fourth-order valence-corrected chi connectivity index (χ4v) is 3.43. The minimum Gasteiger partial charge on any atom is -0.324 e. The van der Waals surface area contributed by atoms with Crippen LogP contribution in [0.3, 0.4) is 0 Å². The van der Waals surface area contributed by atoms with Crippen LogP contribution in [0.25, 0.3) is 16.9 Å². The van der Waals surface area contributed by atoms with Crippen molar-refractivity contribution >= 4 is 12.2 Å². The van der Waals surface area contributed by atoms with Gasteiger partial charge in [-0.1, -0.05) is 16.5 Å². The van der Waals surface area contributed by atoms with Crippen molar-refractivity contribution in [3.05, 3.63) is 65.4 Å². The molecule has 4 rings (SSSR count). The predicted octanol–water partition coefficient (Wildman–Crippen LogP) is 5.65. The van der Waals surface area contributed by atoms with Crippen molar-refractivity contribution in [3.8, 4) is 22.7 Å². The summed E-state index contributed by atoms with van der Waals surface area (Å²) in [6.07, 6.45) is -1.18.